The SMILES string of the molecule is N#Cc1ccc(CN2CCC(Oc3nn[nH]c3C(=O)O)CC2)cc1. The third-order valence-electron chi connectivity index (χ3n) is 4.03. The minimum absolute atomic E-state index is 0.0491. The number of nitrogens with one attached hydrogen (secondary N) is 1. The van der Waals surface area contributed by atoms with E-state index >= 15 is 0 Å². The number of carbonyl (C=O) groups is 1. The molecule has 2 N–H and O–H groups in total. The van der Waals surface area contributed by atoms with Gasteiger partial charge in [-0.2, -0.15) is 5.26 Å². The first-order valence-corrected chi connectivity index (χ1v) is 7.68. The molecule has 2 heterocycles. The number of benzene rings is 1. The van der Waals surface area contributed by atoms with Gasteiger partial charge < -0.3 is 9.84 Å². The van der Waals surface area contributed by atoms with Crippen molar-refractivity contribution >= 4 is 5.97 Å². The molecule has 0 spiro atoms. The monoisotopic (exact) mass is 327 g/mol. The summed E-state index contributed by atoms with van der Waals surface area (Å²) < 4.78 is 5.67. The van der Waals surface area contributed by atoms with Gasteiger partial charge in [-0.1, -0.05) is 22.4 Å². The minimum atomic E-state index is -1.13. The van der Waals surface area contributed by atoms with E-state index in [0.29, 0.717) is 5.56 Å². The van der Waals surface area contributed by atoms with Crippen molar-refractivity contribution in [3.8, 4) is 11.9 Å². The molecular weight excluding hydrogens is 310 g/mol. The summed E-state index contributed by atoms with van der Waals surface area (Å²) in [5.74, 6) is -1.08. The lowest BCUT2D eigenvalue weighted by atomic mass is 10.1. The number of rotatable bonds is 5. The second kappa shape index (κ2) is 7.10. The molecule has 124 valence electrons. The van der Waals surface area contributed by atoms with E-state index < -0.39 is 5.97 Å². The number of nitriles is 1. The number of aromatic nitrogens is 3. The van der Waals surface area contributed by atoms with E-state index in [0.717, 1.165) is 38.0 Å². The maximum Gasteiger partial charge on any atom is 0.359 e. The third-order valence-corrected chi connectivity index (χ3v) is 4.03. The van der Waals surface area contributed by atoms with Crippen molar-refractivity contribution in [2.24, 2.45) is 0 Å². The molecule has 2 aromatic rings. The van der Waals surface area contributed by atoms with Crippen molar-refractivity contribution in [1.29, 1.82) is 5.26 Å². The predicted octanol–water partition coefficient (Wildman–Crippen LogP) is 1.42. The van der Waals surface area contributed by atoms with E-state index in [1.54, 1.807) is 0 Å². The number of aromatic carboxylic acids is 1. The number of likely N-dealkylation sites (tertiary alicyclic amines) is 1. The first-order valence-electron chi connectivity index (χ1n) is 7.68. The molecule has 1 saturated heterocycles. The fourth-order valence-electron chi connectivity index (χ4n) is 2.73. The van der Waals surface area contributed by atoms with Crippen LogP contribution in [0.4, 0.5) is 0 Å². The van der Waals surface area contributed by atoms with Crippen molar-refractivity contribution in [1.82, 2.24) is 20.3 Å². The van der Waals surface area contributed by atoms with Crippen molar-refractivity contribution in [2.75, 3.05) is 13.1 Å². The molecule has 1 aliphatic rings. The van der Waals surface area contributed by atoms with Crippen molar-refractivity contribution < 1.29 is 14.6 Å². The Kier molecular flexibility index (Phi) is 4.72. The van der Waals surface area contributed by atoms with Gasteiger partial charge in [0.25, 0.3) is 5.88 Å². The molecule has 8 heteroatoms. The van der Waals surface area contributed by atoms with Crippen molar-refractivity contribution in [3.05, 3.63) is 41.1 Å². The molecule has 1 aromatic heterocycles. The Morgan fingerprint density at radius 3 is 2.71 bits per heavy atom. The molecule has 0 radical (unpaired) electrons. The van der Waals surface area contributed by atoms with Gasteiger partial charge in [-0.15, -0.1) is 0 Å². The van der Waals surface area contributed by atoms with Crippen LogP contribution < -0.4 is 4.74 Å². The summed E-state index contributed by atoms with van der Waals surface area (Å²) in [4.78, 5) is 13.3. The lowest BCUT2D eigenvalue weighted by molar-refractivity contribution is 0.0666. The largest absolute Gasteiger partial charge is 0.476 e. The van der Waals surface area contributed by atoms with E-state index in [4.69, 9.17) is 15.1 Å². The lowest BCUT2D eigenvalue weighted by Gasteiger charge is -2.31. The molecule has 24 heavy (non-hydrogen) atoms. The fraction of sp³-hybridized carbons (Fsp3) is 0.375. The van der Waals surface area contributed by atoms with Crippen LogP contribution >= 0.6 is 0 Å². The van der Waals surface area contributed by atoms with Gasteiger partial charge in [-0.05, 0) is 30.5 Å². The van der Waals surface area contributed by atoms with Crippen LogP contribution in [0.3, 0.4) is 0 Å². The summed E-state index contributed by atoms with van der Waals surface area (Å²) in [6, 6.07) is 9.69. The number of carboxylic acid groups (broad SMARTS) is 1. The molecule has 0 unspecified atom stereocenters. The maximum absolute atomic E-state index is 11.0. The minimum Gasteiger partial charge on any atom is -0.476 e. The summed E-state index contributed by atoms with van der Waals surface area (Å²) >= 11 is 0. The highest BCUT2D eigenvalue weighted by Crippen LogP contribution is 2.20. The van der Waals surface area contributed by atoms with Crippen LogP contribution in [-0.2, 0) is 6.54 Å². The molecule has 1 aliphatic heterocycles. The Morgan fingerprint density at radius 2 is 2.08 bits per heavy atom. The number of aromatic amines is 1. The van der Waals surface area contributed by atoms with Crippen LogP contribution in [0.5, 0.6) is 5.88 Å². The average Bonchev–Trinajstić information content (AvgIpc) is 3.06. The fourth-order valence-corrected chi connectivity index (χ4v) is 2.73. The van der Waals surface area contributed by atoms with Crippen LogP contribution in [0.15, 0.2) is 24.3 Å². The molecule has 0 atom stereocenters. The van der Waals surface area contributed by atoms with Gasteiger partial charge in [0.15, 0.2) is 0 Å². The normalized spacial score (nSPS) is 15.8. The number of carboxylic acids is 1. The first-order chi connectivity index (χ1) is 11.7. The van der Waals surface area contributed by atoms with Crippen molar-refractivity contribution in [2.45, 2.75) is 25.5 Å². The Morgan fingerprint density at radius 1 is 1.38 bits per heavy atom. The lowest BCUT2D eigenvalue weighted by Crippen LogP contribution is -2.38. The summed E-state index contributed by atoms with van der Waals surface area (Å²) in [6.45, 7) is 2.53. The van der Waals surface area contributed by atoms with E-state index in [1.165, 1.54) is 0 Å². The zero-order valence-corrected chi connectivity index (χ0v) is 13.0. The summed E-state index contributed by atoms with van der Waals surface area (Å²) in [7, 11) is 0. The second-order valence-electron chi connectivity index (χ2n) is 5.70. The average molecular weight is 327 g/mol. The molecular formula is C16H17N5O3. The molecule has 1 fully saturated rings. The quantitative estimate of drug-likeness (QED) is 0.853. The van der Waals surface area contributed by atoms with Crippen LogP contribution in [0.2, 0.25) is 0 Å². The van der Waals surface area contributed by atoms with Crippen LogP contribution in [0.1, 0.15) is 34.5 Å². The number of hydrogen-bond acceptors (Lipinski definition) is 6. The van der Waals surface area contributed by atoms with Gasteiger partial charge in [-0.25, -0.2) is 9.89 Å². The number of piperidine rings is 1. The van der Waals surface area contributed by atoms with Crippen molar-refractivity contribution in [3.63, 3.8) is 0 Å². The topological polar surface area (TPSA) is 115 Å². The van der Waals surface area contributed by atoms with Gasteiger partial charge in [0, 0.05) is 19.6 Å². The Hall–Kier alpha value is -2.92. The smallest absolute Gasteiger partial charge is 0.359 e. The first kappa shape index (κ1) is 16.0. The Bertz CT molecular complexity index is 742. The maximum atomic E-state index is 11.0. The number of H-pyrrole nitrogens is 1. The standard InChI is InChI=1S/C16H17N5O3/c17-9-11-1-3-12(4-2-11)10-21-7-5-13(6-8-21)24-15-14(16(22)23)18-20-19-15/h1-4,13H,5-8,10H2,(H,22,23)(H,18,19,20). The number of nitrogens with zero attached hydrogens (tertiary/aromatic N) is 4. The van der Waals surface area contributed by atoms with E-state index in [9.17, 15) is 4.79 Å². The number of hydrogen-bond donors (Lipinski definition) is 2. The van der Waals surface area contributed by atoms with Gasteiger partial charge in [0.1, 0.15) is 6.10 Å². The summed E-state index contributed by atoms with van der Waals surface area (Å²) in [5.41, 5.74) is 1.71. The van der Waals surface area contributed by atoms with E-state index in [2.05, 4.69) is 26.4 Å². The van der Waals surface area contributed by atoms with Gasteiger partial charge in [-0.3, -0.25) is 4.90 Å². The van der Waals surface area contributed by atoms with E-state index in [1.807, 2.05) is 24.3 Å². The van der Waals surface area contributed by atoms with Crippen LogP contribution in [0.25, 0.3) is 0 Å². The Labute approximate surface area is 138 Å². The molecule has 0 aliphatic carbocycles. The Balaban J connectivity index is 1.51. The van der Waals surface area contributed by atoms with Gasteiger partial charge >= 0.3 is 5.97 Å². The van der Waals surface area contributed by atoms with Crippen LogP contribution in [-0.4, -0.2) is 50.6 Å². The highest BCUT2D eigenvalue weighted by atomic mass is 16.5. The highest BCUT2D eigenvalue weighted by molar-refractivity contribution is 5.87. The molecule has 0 saturated carbocycles. The van der Waals surface area contributed by atoms with Gasteiger partial charge in [0.05, 0.1) is 11.6 Å². The zero-order chi connectivity index (χ0) is 16.9. The van der Waals surface area contributed by atoms with Crippen LogP contribution in [0, 0.1) is 11.3 Å². The van der Waals surface area contributed by atoms with E-state index in [-0.39, 0.29) is 17.7 Å². The van der Waals surface area contributed by atoms with Gasteiger partial charge in [0.2, 0.25) is 5.69 Å². The molecule has 3 rings (SSSR count). The zero-order valence-electron chi connectivity index (χ0n) is 13.0. The second-order valence-corrected chi connectivity index (χ2v) is 5.70. The molecule has 0 amide bonds. The molecule has 0 bridgehead atoms. The molecule has 1 aromatic carbocycles. The molecule has 8 nitrogen and oxygen atoms in total. The third kappa shape index (κ3) is 3.70. The highest BCUT2D eigenvalue weighted by Gasteiger charge is 2.24. The number of ether oxygens (including phenoxy) is 1. The summed E-state index contributed by atoms with van der Waals surface area (Å²) in [5, 5.41) is 27.3. The predicted molar refractivity (Wildman–Crippen MR) is 83.4 cm³/mol. The summed E-state index contributed by atoms with van der Waals surface area (Å²) in [6.07, 6.45) is 1.52.